The van der Waals surface area contributed by atoms with Crippen LogP contribution in [0.1, 0.15) is 24.8 Å². The molecule has 2 N–H and O–H groups in total. The summed E-state index contributed by atoms with van der Waals surface area (Å²) in [4.78, 5) is 29.7. The Morgan fingerprint density at radius 1 is 1.21 bits per heavy atom. The number of rotatable bonds is 8. The van der Waals surface area contributed by atoms with E-state index in [1.54, 1.807) is 0 Å². The SMILES string of the molecule is CN(CC(=O)O)C1CCCN(CC(=O)NCCN2CCc3ccccc32)CC1. The molecular weight excluding hydrogens is 356 g/mol. The zero-order chi connectivity index (χ0) is 19.9. The quantitative estimate of drug-likeness (QED) is 0.693. The second-order valence-electron chi connectivity index (χ2n) is 7.89. The van der Waals surface area contributed by atoms with E-state index in [9.17, 15) is 9.59 Å². The summed E-state index contributed by atoms with van der Waals surface area (Å²) in [5, 5.41) is 12.0. The van der Waals surface area contributed by atoms with Gasteiger partial charge in [-0.3, -0.25) is 19.4 Å². The van der Waals surface area contributed by atoms with Crippen LogP contribution in [0.25, 0.3) is 0 Å². The Labute approximate surface area is 167 Å². The van der Waals surface area contributed by atoms with Gasteiger partial charge in [0, 0.05) is 37.9 Å². The van der Waals surface area contributed by atoms with Crippen molar-refractivity contribution in [2.75, 3.05) is 57.8 Å². The highest BCUT2D eigenvalue weighted by Gasteiger charge is 2.23. The summed E-state index contributed by atoms with van der Waals surface area (Å²) >= 11 is 0. The third-order valence-electron chi connectivity index (χ3n) is 5.85. The van der Waals surface area contributed by atoms with Crippen LogP contribution in [0, 0.1) is 0 Å². The summed E-state index contributed by atoms with van der Waals surface area (Å²) < 4.78 is 0. The predicted octanol–water partition coefficient (Wildman–Crippen LogP) is 1.04. The van der Waals surface area contributed by atoms with Gasteiger partial charge in [-0.2, -0.15) is 0 Å². The van der Waals surface area contributed by atoms with Crippen molar-refractivity contribution >= 4 is 17.6 Å². The van der Waals surface area contributed by atoms with Gasteiger partial charge in [-0.05, 0) is 50.9 Å². The van der Waals surface area contributed by atoms with Crippen LogP contribution in [0.4, 0.5) is 5.69 Å². The van der Waals surface area contributed by atoms with E-state index in [1.807, 2.05) is 11.9 Å². The van der Waals surface area contributed by atoms with Gasteiger partial charge in [0.15, 0.2) is 0 Å². The van der Waals surface area contributed by atoms with Crippen molar-refractivity contribution in [2.45, 2.75) is 31.7 Å². The number of benzene rings is 1. The monoisotopic (exact) mass is 388 g/mol. The minimum atomic E-state index is -0.788. The summed E-state index contributed by atoms with van der Waals surface area (Å²) in [7, 11) is 1.87. The molecule has 1 aromatic rings. The molecule has 0 spiro atoms. The van der Waals surface area contributed by atoms with Crippen LogP contribution < -0.4 is 10.2 Å². The zero-order valence-electron chi connectivity index (χ0n) is 16.8. The van der Waals surface area contributed by atoms with Gasteiger partial charge in [-0.1, -0.05) is 18.2 Å². The molecule has 0 radical (unpaired) electrons. The van der Waals surface area contributed by atoms with Crippen LogP contribution in [0.3, 0.4) is 0 Å². The standard InChI is InChI=1S/C21H32N4O3/c1-23(16-21(27)28)18-6-4-11-24(12-9-18)15-20(26)22-10-14-25-13-8-17-5-2-3-7-19(17)25/h2-3,5,7,18H,4,6,8-16H2,1H3,(H,22,26)(H,27,28). The first-order chi connectivity index (χ1) is 13.5. The van der Waals surface area contributed by atoms with Crippen LogP contribution in [0.15, 0.2) is 24.3 Å². The molecule has 1 saturated heterocycles. The molecule has 0 saturated carbocycles. The second kappa shape index (κ2) is 9.89. The molecule has 7 heteroatoms. The molecule has 154 valence electrons. The number of likely N-dealkylation sites (tertiary alicyclic amines) is 1. The van der Waals surface area contributed by atoms with Crippen molar-refractivity contribution in [3.63, 3.8) is 0 Å². The Balaban J connectivity index is 1.36. The molecular formula is C21H32N4O3. The number of carboxylic acid groups (broad SMARTS) is 1. The predicted molar refractivity (Wildman–Crippen MR) is 110 cm³/mol. The van der Waals surface area contributed by atoms with Crippen LogP contribution in [-0.4, -0.2) is 85.7 Å². The lowest BCUT2D eigenvalue weighted by Gasteiger charge is -2.25. The second-order valence-corrected chi connectivity index (χ2v) is 7.89. The van der Waals surface area contributed by atoms with E-state index in [4.69, 9.17) is 5.11 Å². The fourth-order valence-corrected chi connectivity index (χ4v) is 4.31. The Bertz CT molecular complexity index is 681. The van der Waals surface area contributed by atoms with Crippen molar-refractivity contribution in [3.8, 4) is 0 Å². The van der Waals surface area contributed by atoms with Crippen molar-refractivity contribution in [1.82, 2.24) is 15.1 Å². The molecule has 2 heterocycles. The number of hydrogen-bond acceptors (Lipinski definition) is 5. The Kier molecular flexibility index (Phi) is 7.28. The van der Waals surface area contributed by atoms with Gasteiger partial charge in [0.2, 0.25) is 5.91 Å². The van der Waals surface area contributed by atoms with Crippen molar-refractivity contribution in [1.29, 1.82) is 0 Å². The van der Waals surface area contributed by atoms with Crippen molar-refractivity contribution in [2.24, 2.45) is 0 Å². The summed E-state index contributed by atoms with van der Waals surface area (Å²) in [6, 6.07) is 8.75. The first-order valence-electron chi connectivity index (χ1n) is 10.3. The lowest BCUT2D eigenvalue weighted by molar-refractivity contribution is -0.138. The Hall–Kier alpha value is -2.12. The molecule has 1 atom stereocenters. The van der Waals surface area contributed by atoms with Crippen LogP contribution in [-0.2, 0) is 16.0 Å². The molecule has 1 amide bonds. The first kappa shape index (κ1) is 20.6. The molecule has 0 aromatic heterocycles. The number of carbonyl (C=O) groups is 2. The minimum absolute atomic E-state index is 0.0739. The number of para-hydroxylation sites is 1. The number of fused-ring (bicyclic) bond motifs is 1. The van der Waals surface area contributed by atoms with Crippen molar-refractivity contribution in [3.05, 3.63) is 29.8 Å². The molecule has 0 bridgehead atoms. The highest BCUT2D eigenvalue weighted by Crippen LogP contribution is 2.26. The zero-order valence-corrected chi connectivity index (χ0v) is 16.8. The summed E-state index contributed by atoms with van der Waals surface area (Å²) in [6.45, 7) is 4.74. The first-order valence-corrected chi connectivity index (χ1v) is 10.3. The number of amides is 1. The normalized spacial score (nSPS) is 20.1. The Morgan fingerprint density at radius 2 is 2.04 bits per heavy atom. The van der Waals surface area contributed by atoms with Crippen molar-refractivity contribution < 1.29 is 14.7 Å². The number of carbonyl (C=O) groups excluding carboxylic acids is 1. The topological polar surface area (TPSA) is 76.1 Å². The van der Waals surface area contributed by atoms with Gasteiger partial charge >= 0.3 is 5.97 Å². The van der Waals surface area contributed by atoms with Gasteiger partial charge in [0.05, 0.1) is 13.1 Å². The number of nitrogens with zero attached hydrogens (tertiary/aromatic N) is 3. The van der Waals surface area contributed by atoms with Crippen LogP contribution in [0.5, 0.6) is 0 Å². The van der Waals surface area contributed by atoms with E-state index in [2.05, 4.69) is 39.4 Å². The summed E-state index contributed by atoms with van der Waals surface area (Å²) in [6.07, 6.45) is 3.96. The number of carboxylic acids is 1. The maximum Gasteiger partial charge on any atom is 0.317 e. The molecule has 2 aliphatic rings. The van der Waals surface area contributed by atoms with E-state index >= 15 is 0 Å². The average molecular weight is 389 g/mol. The molecule has 7 nitrogen and oxygen atoms in total. The molecule has 28 heavy (non-hydrogen) atoms. The summed E-state index contributed by atoms with van der Waals surface area (Å²) in [5.74, 6) is -0.714. The third kappa shape index (κ3) is 5.69. The maximum absolute atomic E-state index is 12.3. The average Bonchev–Trinajstić information content (AvgIpc) is 2.91. The number of anilines is 1. The number of nitrogens with one attached hydrogen (secondary N) is 1. The molecule has 1 unspecified atom stereocenters. The van der Waals surface area contributed by atoms with Gasteiger partial charge in [-0.15, -0.1) is 0 Å². The molecule has 1 fully saturated rings. The minimum Gasteiger partial charge on any atom is -0.480 e. The lowest BCUT2D eigenvalue weighted by atomic mass is 10.1. The molecule has 2 aliphatic heterocycles. The van der Waals surface area contributed by atoms with E-state index in [-0.39, 0.29) is 18.5 Å². The number of hydrogen-bond donors (Lipinski definition) is 2. The maximum atomic E-state index is 12.3. The molecule has 0 aliphatic carbocycles. The van der Waals surface area contributed by atoms with Gasteiger partial charge in [0.25, 0.3) is 0 Å². The number of aliphatic carboxylic acids is 1. The van der Waals surface area contributed by atoms with Gasteiger partial charge < -0.3 is 15.3 Å². The fourth-order valence-electron chi connectivity index (χ4n) is 4.31. The molecule has 1 aromatic carbocycles. The smallest absolute Gasteiger partial charge is 0.317 e. The van der Waals surface area contributed by atoms with Gasteiger partial charge in [0.1, 0.15) is 0 Å². The van der Waals surface area contributed by atoms with E-state index < -0.39 is 5.97 Å². The largest absolute Gasteiger partial charge is 0.480 e. The summed E-state index contributed by atoms with van der Waals surface area (Å²) in [5.41, 5.74) is 2.68. The third-order valence-corrected chi connectivity index (χ3v) is 5.85. The lowest BCUT2D eigenvalue weighted by Crippen LogP contribution is -2.41. The van der Waals surface area contributed by atoms with Crippen LogP contribution in [0.2, 0.25) is 0 Å². The number of likely N-dealkylation sites (N-methyl/N-ethyl adjacent to an activating group) is 1. The molecule has 3 rings (SSSR count). The highest BCUT2D eigenvalue weighted by molar-refractivity contribution is 5.78. The van der Waals surface area contributed by atoms with E-state index in [0.29, 0.717) is 13.1 Å². The Morgan fingerprint density at radius 3 is 2.86 bits per heavy atom. The van der Waals surface area contributed by atoms with E-state index in [1.165, 1.54) is 11.3 Å². The highest BCUT2D eigenvalue weighted by atomic mass is 16.4. The van der Waals surface area contributed by atoms with Gasteiger partial charge in [-0.25, -0.2) is 0 Å². The van der Waals surface area contributed by atoms with Crippen LogP contribution >= 0.6 is 0 Å². The fraction of sp³-hybridized carbons (Fsp3) is 0.619. The van der Waals surface area contributed by atoms with E-state index in [0.717, 1.165) is 51.9 Å².